The lowest BCUT2D eigenvalue weighted by atomic mass is 10.0. The lowest BCUT2D eigenvalue weighted by Gasteiger charge is -2.41. The van der Waals surface area contributed by atoms with Crippen molar-refractivity contribution in [3.63, 3.8) is 0 Å². The first-order chi connectivity index (χ1) is 9.79. The van der Waals surface area contributed by atoms with Gasteiger partial charge in [0, 0.05) is 18.4 Å². The highest BCUT2D eigenvalue weighted by molar-refractivity contribution is 5.69. The van der Waals surface area contributed by atoms with Crippen LogP contribution < -0.4 is 4.90 Å². The largest absolute Gasteiger partial charge is 0.335 e. The van der Waals surface area contributed by atoms with Crippen LogP contribution in [0.2, 0.25) is 0 Å². The molecule has 0 unspecified atom stereocenters. The SMILES string of the molecule is C=C1C(C)=C(C)N(C)C(=C)N1c1cc(C)c(C#N)cc1C. The molecule has 0 N–H and O–H groups in total. The number of hydrogen-bond acceptors (Lipinski definition) is 3. The van der Waals surface area contributed by atoms with Gasteiger partial charge in [-0.2, -0.15) is 5.26 Å². The first-order valence-corrected chi connectivity index (χ1v) is 6.90. The van der Waals surface area contributed by atoms with Crippen LogP contribution in [0, 0.1) is 25.2 Å². The van der Waals surface area contributed by atoms with Crippen molar-refractivity contribution in [1.29, 1.82) is 5.26 Å². The predicted octanol–water partition coefficient (Wildman–Crippen LogP) is 4.21. The van der Waals surface area contributed by atoms with Crippen molar-refractivity contribution in [3.05, 3.63) is 64.8 Å². The Hall–Kier alpha value is -2.47. The van der Waals surface area contributed by atoms with Gasteiger partial charge in [-0.1, -0.05) is 13.2 Å². The zero-order valence-corrected chi connectivity index (χ0v) is 13.4. The number of allylic oxidation sites excluding steroid dienone is 2. The molecule has 108 valence electrons. The number of anilines is 1. The van der Waals surface area contributed by atoms with Crippen LogP contribution in [-0.2, 0) is 0 Å². The van der Waals surface area contributed by atoms with Crippen LogP contribution in [0.25, 0.3) is 0 Å². The molecule has 21 heavy (non-hydrogen) atoms. The van der Waals surface area contributed by atoms with E-state index in [1.807, 2.05) is 33.0 Å². The second kappa shape index (κ2) is 5.14. The van der Waals surface area contributed by atoms with E-state index in [9.17, 15) is 0 Å². The Kier molecular flexibility index (Phi) is 3.65. The lowest BCUT2D eigenvalue weighted by molar-refractivity contribution is 0.487. The summed E-state index contributed by atoms with van der Waals surface area (Å²) in [6, 6.07) is 6.19. The van der Waals surface area contributed by atoms with Gasteiger partial charge in [0.25, 0.3) is 0 Å². The quantitative estimate of drug-likeness (QED) is 0.771. The smallest absolute Gasteiger partial charge is 0.110 e. The fourth-order valence-corrected chi connectivity index (χ4v) is 2.57. The molecule has 2 rings (SSSR count). The molecule has 0 spiro atoms. The summed E-state index contributed by atoms with van der Waals surface area (Å²) in [7, 11) is 2.01. The van der Waals surface area contributed by atoms with Gasteiger partial charge in [-0.15, -0.1) is 0 Å². The summed E-state index contributed by atoms with van der Waals surface area (Å²) in [4.78, 5) is 4.13. The van der Waals surface area contributed by atoms with E-state index in [1.165, 1.54) is 0 Å². The Bertz CT molecular complexity index is 717. The van der Waals surface area contributed by atoms with E-state index in [-0.39, 0.29) is 0 Å². The third-order valence-corrected chi connectivity index (χ3v) is 4.30. The van der Waals surface area contributed by atoms with Crippen molar-refractivity contribution in [2.24, 2.45) is 0 Å². The zero-order valence-electron chi connectivity index (χ0n) is 13.4. The molecular weight excluding hydrogens is 258 g/mol. The minimum absolute atomic E-state index is 0.710. The number of aryl methyl sites for hydroxylation is 2. The Morgan fingerprint density at radius 1 is 1.05 bits per heavy atom. The molecule has 0 saturated carbocycles. The van der Waals surface area contributed by atoms with E-state index in [2.05, 4.69) is 42.9 Å². The molecule has 3 nitrogen and oxygen atoms in total. The highest BCUT2D eigenvalue weighted by Crippen LogP contribution is 2.37. The molecule has 0 atom stereocenters. The van der Waals surface area contributed by atoms with E-state index in [4.69, 9.17) is 5.26 Å². The van der Waals surface area contributed by atoms with Crippen molar-refractivity contribution in [3.8, 4) is 6.07 Å². The van der Waals surface area contributed by atoms with Crippen LogP contribution in [0.5, 0.6) is 0 Å². The molecule has 1 aromatic rings. The topological polar surface area (TPSA) is 30.3 Å². The molecule has 1 aromatic carbocycles. The van der Waals surface area contributed by atoms with Gasteiger partial charge in [0.05, 0.1) is 17.3 Å². The number of nitrogens with zero attached hydrogens (tertiary/aromatic N) is 3. The first-order valence-electron chi connectivity index (χ1n) is 6.90. The van der Waals surface area contributed by atoms with Gasteiger partial charge in [0.15, 0.2) is 0 Å². The van der Waals surface area contributed by atoms with Crippen LogP contribution >= 0.6 is 0 Å². The predicted molar refractivity (Wildman–Crippen MR) is 87.5 cm³/mol. The highest BCUT2D eigenvalue weighted by atomic mass is 15.3. The molecule has 0 radical (unpaired) electrons. The molecule has 0 aromatic heterocycles. The molecule has 0 bridgehead atoms. The normalized spacial score (nSPS) is 15.6. The van der Waals surface area contributed by atoms with Crippen molar-refractivity contribution >= 4 is 5.69 Å². The summed E-state index contributed by atoms with van der Waals surface area (Å²) in [5.74, 6) is 0.871. The summed E-state index contributed by atoms with van der Waals surface area (Å²) in [6.07, 6.45) is 0. The van der Waals surface area contributed by atoms with Gasteiger partial charge >= 0.3 is 0 Å². The monoisotopic (exact) mass is 279 g/mol. The molecule has 1 aliphatic heterocycles. The Balaban J connectivity index is 2.63. The van der Waals surface area contributed by atoms with Crippen LogP contribution in [-0.4, -0.2) is 11.9 Å². The van der Waals surface area contributed by atoms with Crippen LogP contribution in [0.3, 0.4) is 0 Å². The summed E-state index contributed by atoms with van der Waals surface area (Å²) in [5.41, 5.74) is 6.98. The molecule has 1 aliphatic rings. The zero-order chi connectivity index (χ0) is 15.9. The molecular formula is C18H21N3. The van der Waals surface area contributed by atoms with Crippen LogP contribution in [0.4, 0.5) is 5.69 Å². The molecule has 0 saturated heterocycles. The van der Waals surface area contributed by atoms with Gasteiger partial charge < -0.3 is 4.90 Å². The van der Waals surface area contributed by atoms with Crippen molar-refractivity contribution in [2.45, 2.75) is 27.7 Å². The lowest BCUT2D eigenvalue weighted by Crippen LogP contribution is -2.36. The Morgan fingerprint density at radius 3 is 2.24 bits per heavy atom. The van der Waals surface area contributed by atoms with E-state index in [1.54, 1.807) is 0 Å². The van der Waals surface area contributed by atoms with Gasteiger partial charge in [0.2, 0.25) is 0 Å². The van der Waals surface area contributed by atoms with Crippen LogP contribution in [0.1, 0.15) is 30.5 Å². The van der Waals surface area contributed by atoms with Crippen molar-refractivity contribution in [2.75, 3.05) is 11.9 Å². The summed E-state index contributed by atoms with van der Waals surface area (Å²) in [5, 5.41) is 9.15. The molecule has 3 heteroatoms. The van der Waals surface area contributed by atoms with Crippen molar-refractivity contribution in [1.82, 2.24) is 4.90 Å². The second-order valence-corrected chi connectivity index (χ2v) is 5.53. The first kappa shape index (κ1) is 14.9. The highest BCUT2D eigenvalue weighted by Gasteiger charge is 2.27. The molecule has 0 fully saturated rings. The molecule has 0 amide bonds. The van der Waals surface area contributed by atoms with E-state index < -0.39 is 0 Å². The maximum Gasteiger partial charge on any atom is 0.110 e. The van der Waals surface area contributed by atoms with Gasteiger partial charge in [-0.05, 0) is 56.5 Å². The third-order valence-electron chi connectivity index (χ3n) is 4.30. The van der Waals surface area contributed by atoms with Crippen LogP contribution in [0.15, 0.2) is 48.1 Å². The van der Waals surface area contributed by atoms with E-state index in [0.717, 1.165) is 39.6 Å². The molecule has 1 heterocycles. The second-order valence-electron chi connectivity index (χ2n) is 5.53. The molecule has 0 aliphatic carbocycles. The number of rotatable bonds is 1. The van der Waals surface area contributed by atoms with Gasteiger partial charge in [-0.25, -0.2) is 0 Å². The number of hydrogen-bond donors (Lipinski definition) is 0. The fourth-order valence-electron chi connectivity index (χ4n) is 2.57. The van der Waals surface area contributed by atoms with Gasteiger partial charge in [0.1, 0.15) is 5.82 Å². The Morgan fingerprint density at radius 2 is 1.67 bits per heavy atom. The van der Waals surface area contributed by atoms with E-state index >= 15 is 0 Å². The minimum Gasteiger partial charge on any atom is -0.335 e. The number of nitriles is 1. The summed E-state index contributed by atoms with van der Waals surface area (Å²) >= 11 is 0. The number of benzene rings is 1. The summed E-state index contributed by atoms with van der Waals surface area (Å²) < 4.78 is 0. The Labute approximate surface area is 127 Å². The maximum atomic E-state index is 9.15. The average molecular weight is 279 g/mol. The average Bonchev–Trinajstić information content (AvgIpc) is 2.46. The van der Waals surface area contributed by atoms with Gasteiger partial charge in [-0.3, -0.25) is 4.90 Å². The fraction of sp³-hybridized carbons (Fsp3) is 0.278. The summed E-state index contributed by atoms with van der Waals surface area (Å²) in [6.45, 7) is 16.5. The maximum absolute atomic E-state index is 9.15. The minimum atomic E-state index is 0.710. The third kappa shape index (κ3) is 2.23. The van der Waals surface area contributed by atoms with E-state index in [0.29, 0.717) is 5.56 Å². The van der Waals surface area contributed by atoms with Crippen molar-refractivity contribution < 1.29 is 0 Å². The standard InChI is InChI=1S/C18H21N3/c1-11-9-18(12(2)8-17(11)10-19)21-15(5)13(3)14(4)20(7)16(21)6/h8-9H,5-6H2,1-4,7H3.